The van der Waals surface area contributed by atoms with Crippen LogP contribution in [0.5, 0.6) is 0 Å². The van der Waals surface area contributed by atoms with Crippen LogP contribution in [0.1, 0.15) is 25.3 Å². The zero-order chi connectivity index (χ0) is 17.8. The van der Waals surface area contributed by atoms with Crippen molar-refractivity contribution in [3.05, 3.63) is 35.6 Å². The predicted octanol–water partition coefficient (Wildman–Crippen LogP) is 1.85. The largest absolute Gasteiger partial charge is 0.342 e. The summed E-state index contributed by atoms with van der Waals surface area (Å²) in [4.78, 5) is 29.2. The number of piperazine rings is 1. The van der Waals surface area contributed by atoms with Crippen LogP contribution < -0.4 is 5.32 Å². The van der Waals surface area contributed by atoms with E-state index < -0.39 is 0 Å². The average molecular weight is 384 g/mol. The third-order valence-corrected chi connectivity index (χ3v) is 5.18. The minimum Gasteiger partial charge on any atom is -0.342 e. The van der Waals surface area contributed by atoms with Gasteiger partial charge < -0.3 is 15.1 Å². The Hall–Kier alpha value is -1.66. The number of rotatable bonds is 3. The second-order valence-corrected chi connectivity index (χ2v) is 7.07. The highest BCUT2D eigenvalue weighted by Gasteiger charge is 2.33. The van der Waals surface area contributed by atoms with Gasteiger partial charge in [0, 0.05) is 38.8 Å². The van der Waals surface area contributed by atoms with E-state index in [-0.39, 0.29) is 48.4 Å². The Morgan fingerprint density at radius 3 is 2.65 bits per heavy atom. The summed E-state index contributed by atoms with van der Waals surface area (Å²) in [5, 5.41) is 3.30. The van der Waals surface area contributed by atoms with Gasteiger partial charge in [-0.1, -0.05) is 12.1 Å². The molecule has 7 heteroatoms. The fourth-order valence-electron chi connectivity index (χ4n) is 3.70. The lowest BCUT2D eigenvalue weighted by Gasteiger charge is -2.39. The lowest BCUT2D eigenvalue weighted by molar-refractivity contribution is -0.142. The van der Waals surface area contributed by atoms with Crippen LogP contribution in [-0.4, -0.2) is 60.4 Å². The molecule has 2 aliphatic rings. The normalized spacial score (nSPS) is 23.3. The molecule has 26 heavy (non-hydrogen) atoms. The van der Waals surface area contributed by atoms with Gasteiger partial charge in [0.05, 0.1) is 12.3 Å². The Kier molecular flexibility index (Phi) is 7.41. The molecule has 144 valence electrons. The Morgan fingerprint density at radius 2 is 1.96 bits per heavy atom. The van der Waals surface area contributed by atoms with E-state index in [0.29, 0.717) is 13.1 Å². The highest BCUT2D eigenvalue weighted by Crippen LogP contribution is 2.21. The maximum atomic E-state index is 13.0. The van der Waals surface area contributed by atoms with Crippen LogP contribution in [0.15, 0.2) is 24.3 Å². The second-order valence-electron chi connectivity index (χ2n) is 7.07. The number of amides is 2. The lowest BCUT2D eigenvalue weighted by Crippen LogP contribution is -2.56. The van der Waals surface area contributed by atoms with Crippen molar-refractivity contribution in [3.63, 3.8) is 0 Å². The van der Waals surface area contributed by atoms with Crippen molar-refractivity contribution < 1.29 is 14.0 Å². The van der Waals surface area contributed by atoms with Crippen molar-refractivity contribution in [2.24, 2.45) is 5.92 Å². The molecule has 1 aromatic rings. The summed E-state index contributed by atoms with van der Waals surface area (Å²) in [7, 11) is 0. The van der Waals surface area contributed by atoms with Gasteiger partial charge in [-0.15, -0.1) is 12.4 Å². The Morgan fingerprint density at radius 1 is 1.23 bits per heavy atom. The fourth-order valence-corrected chi connectivity index (χ4v) is 3.70. The maximum Gasteiger partial charge on any atom is 0.227 e. The first-order chi connectivity index (χ1) is 12.0. The summed E-state index contributed by atoms with van der Waals surface area (Å²) < 4.78 is 13.0. The third kappa shape index (κ3) is 4.95. The van der Waals surface area contributed by atoms with Crippen LogP contribution in [0.25, 0.3) is 0 Å². The first-order valence-electron chi connectivity index (χ1n) is 9.08. The quantitative estimate of drug-likeness (QED) is 0.866. The number of nitrogens with zero attached hydrogens (tertiary/aromatic N) is 2. The van der Waals surface area contributed by atoms with Crippen LogP contribution in [0.4, 0.5) is 4.39 Å². The van der Waals surface area contributed by atoms with E-state index in [1.165, 1.54) is 12.1 Å². The number of piperidine rings is 1. The van der Waals surface area contributed by atoms with Gasteiger partial charge in [-0.05, 0) is 37.5 Å². The molecule has 5 nitrogen and oxygen atoms in total. The molecule has 3 rings (SSSR count). The maximum absolute atomic E-state index is 13.0. The first kappa shape index (κ1) is 20.6. The molecule has 0 spiro atoms. The van der Waals surface area contributed by atoms with Gasteiger partial charge in [-0.25, -0.2) is 4.39 Å². The van der Waals surface area contributed by atoms with Crippen molar-refractivity contribution in [1.29, 1.82) is 0 Å². The Labute approximate surface area is 160 Å². The van der Waals surface area contributed by atoms with Crippen molar-refractivity contribution in [2.45, 2.75) is 32.2 Å². The summed E-state index contributed by atoms with van der Waals surface area (Å²) in [6, 6.07) is 6.23. The van der Waals surface area contributed by atoms with Crippen LogP contribution in [0.2, 0.25) is 0 Å². The number of nitrogens with one attached hydrogen (secondary N) is 1. The van der Waals surface area contributed by atoms with E-state index in [1.807, 2.05) is 4.90 Å². The van der Waals surface area contributed by atoms with Crippen LogP contribution in [0.3, 0.4) is 0 Å². The monoisotopic (exact) mass is 383 g/mol. The van der Waals surface area contributed by atoms with E-state index >= 15 is 0 Å². The SMILES string of the molecule is C[C@@H]1CNCCN1C(=O)C1CCCN(C(=O)Cc2ccc(F)cc2)C1.Cl. The topological polar surface area (TPSA) is 52.7 Å². The van der Waals surface area contributed by atoms with Crippen LogP contribution in [0, 0.1) is 11.7 Å². The van der Waals surface area contributed by atoms with Gasteiger partial charge >= 0.3 is 0 Å². The van der Waals surface area contributed by atoms with Crippen LogP contribution in [-0.2, 0) is 16.0 Å². The molecule has 2 aliphatic heterocycles. The van der Waals surface area contributed by atoms with Crippen molar-refractivity contribution in [2.75, 3.05) is 32.7 Å². The van der Waals surface area contributed by atoms with E-state index in [2.05, 4.69) is 12.2 Å². The molecule has 1 unspecified atom stereocenters. The van der Waals surface area contributed by atoms with Crippen molar-refractivity contribution in [3.8, 4) is 0 Å². The summed E-state index contributed by atoms with van der Waals surface area (Å²) in [6.45, 7) is 5.64. The molecule has 1 aromatic carbocycles. The van der Waals surface area contributed by atoms with Gasteiger partial charge in [0.15, 0.2) is 0 Å². The van der Waals surface area contributed by atoms with Crippen molar-refractivity contribution >= 4 is 24.2 Å². The lowest BCUT2D eigenvalue weighted by atomic mass is 9.95. The van der Waals surface area contributed by atoms with E-state index in [0.717, 1.165) is 38.0 Å². The molecule has 0 bridgehead atoms. The molecule has 2 saturated heterocycles. The molecule has 0 radical (unpaired) electrons. The molecule has 2 atom stereocenters. The van der Waals surface area contributed by atoms with E-state index in [4.69, 9.17) is 0 Å². The minimum absolute atomic E-state index is 0. The van der Waals surface area contributed by atoms with E-state index in [1.54, 1.807) is 17.0 Å². The first-order valence-corrected chi connectivity index (χ1v) is 9.08. The zero-order valence-corrected chi connectivity index (χ0v) is 15.9. The highest BCUT2D eigenvalue weighted by atomic mass is 35.5. The highest BCUT2D eigenvalue weighted by molar-refractivity contribution is 5.85. The van der Waals surface area contributed by atoms with Gasteiger partial charge in [-0.2, -0.15) is 0 Å². The number of halogens is 2. The molecule has 2 amide bonds. The number of hydrogen-bond acceptors (Lipinski definition) is 3. The van der Waals surface area contributed by atoms with Gasteiger partial charge in [0.1, 0.15) is 5.82 Å². The summed E-state index contributed by atoms with van der Waals surface area (Å²) >= 11 is 0. The third-order valence-electron chi connectivity index (χ3n) is 5.18. The van der Waals surface area contributed by atoms with Gasteiger partial charge in [0.2, 0.25) is 11.8 Å². The molecule has 2 heterocycles. The Balaban J connectivity index is 0.00000243. The summed E-state index contributed by atoms with van der Waals surface area (Å²) in [5.74, 6) is -0.220. The molecule has 0 aromatic heterocycles. The van der Waals surface area contributed by atoms with Gasteiger partial charge in [-0.3, -0.25) is 9.59 Å². The minimum atomic E-state index is -0.301. The fraction of sp³-hybridized carbons (Fsp3) is 0.579. The number of benzene rings is 1. The molecule has 1 N–H and O–H groups in total. The predicted molar refractivity (Wildman–Crippen MR) is 101 cm³/mol. The number of carbonyl (C=O) groups excluding carboxylic acids is 2. The number of carbonyl (C=O) groups is 2. The Bertz CT molecular complexity index is 626. The number of hydrogen-bond donors (Lipinski definition) is 1. The van der Waals surface area contributed by atoms with Crippen LogP contribution >= 0.6 is 12.4 Å². The number of likely N-dealkylation sites (tertiary alicyclic amines) is 1. The summed E-state index contributed by atoms with van der Waals surface area (Å²) in [5.41, 5.74) is 0.801. The molecular weight excluding hydrogens is 357 g/mol. The second kappa shape index (κ2) is 9.33. The molecular formula is C19H27ClFN3O2. The van der Waals surface area contributed by atoms with Crippen molar-refractivity contribution in [1.82, 2.24) is 15.1 Å². The molecule has 2 fully saturated rings. The standard InChI is InChI=1S/C19H26FN3O2.ClH/c1-14-12-21-8-10-23(14)19(25)16-3-2-9-22(13-16)18(24)11-15-4-6-17(20)7-5-15;/h4-7,14,16,21H,2-3,8-13H2,1H3;1H/t14-,16?;/m1./s1. The average Bonchev–Trinajstić information content (AvgIpc) is 2.63. The zero-order valence-electron chi connectivity index (χ0n) is 15.1. The smallest absolute Gasteiger partial charge is 0.227 e. The molecule has 0 saturated carbocycles. The summed E-state index contributed by atoms with van der Waals surface area (Å²) in [6.07, 6.45) is 1.95. The van der Waals surface area contributed by atoms with E-state index in [9.17, 15) is 14.0 Å². The van der Waals surface area contributed by atoms with Gasteiger partial charge in [0.25, 0.3) is 0 Å². The molecule has 0 aliphatic carbocycles.